The zero-order valence-corrected chi connectivity index (χ0v) is 8.78. The maximum absolute atomic E-state index is 12.3. The van der Waals surface area contributed by atoms with Gasteiger partial charge >= 0.3 is 6.18 Å². The van der Waals surface area contributed by atoms with Crippen LogP contribution in [0.5, 0.6) is 0 Å². The van der Waals surface area contributed by atoms with Gasteiger partial charge in [-0.25, -0.2) is 0 Å². The van der Waals surface area contributed by atoms with Crippen molar-refractivity contribution in [1.29, 1.82) is 0 Å². The highest BCUT2D eigenvalue weighted by Gasteiger charge is 2.31. The molecule has 4 heteroatoms. The highest BCUT2D eigenvalue weighted by atomic mass is 32.1. The predicted octanol–water partition coefficient (Wildman–Crippen LogP) is 3.87. The molecule has 0 fully saturated rings. The second-order valence-corrected chi connectivity index (χ2v) is 4.76. The molecule has 0 saturated heterocycles. The number of halogens is 3. The van der Waals surface area contributed by atoms with Crippen molar-refractivity contribution < 1.29 is 13.2 Å². The number of hydrogen-bond donors (Lipinski definition) is 1. The smallest absolute Gasteiger partial charge is 0.168 e. The van der Waals surface area contributed by atoms with Crippen LogP contribution < -0.4 is 0 Å². The van der Waals surface area contributed by atoms with Gasteiger partial charge in [0.2, 0.25) is 0 Å². The third-order valence-corrected chi connectivity index (χ3v) is 2.15. The first-order chi connectivity index (χ1) is 6.21. The van der Waals surface area contributed by atoms with Gasteiger partial charge < -0.3 is 0 Å². The summed E-state index contributed by atoms with van der Waals surface area (Å²) in [5, 5.41) is 0. The third kappa shape index (κ3) is 2.67. The quantitative estimate of drug-likeness (QED) is 0.682. The Balaban J connectivity index is 3.15. The van der Waals surface area contributed by atoms with Crippen LogP contribution in [0.15, 0.2) is 24.3 Å². The van der Waals surface area contributed by atoms with E-state index in [1.807, 2.05) is 0 Å². The first-order valence-electron chi connectivity index (χ1n) is 4.11. The summed E-state index contributed by atoms with van der Waals surface area (Å²) in [5.41, 5.74) is -0.0622. The lowest BCUT2D eigenvalue weighted by Gasteiger charge is -2.19. The molecule has 0 N–H and O–H groups in total. The molecule has 0 aliphatic heterocycles. The van der Waals surface area contributed by atoms with Crippen LogP contribution in [0, 0.1) is 0 Å². The van der Waals surface area contributed by atoms with E-state index < -0.39 is 16.5 Å². The Morgan fingerprint density at radius 3 is 2.00 bits per heavy atom. The summed E-state index contributed by atoms with van der Waals surface area (Å²) in [7, 11) is 0. The van der Waals surface area contributed by atoms with Gasteiger partial charge in [-0.2, -0.15) is 25.8 Å². The van der Waals surface area contributed by atoms with Gasteiger partial charge in [-0.15, -0.1) is 0 Å². The molecule has 0 amide bonds. The number of alkyl halides is 3. The van der Waals surface area contributed by atoms with Gasteiger partial charge in [-0.1, -0.05) is 18.2 Å². The largest absolute Gasteiger partial charge is 0.416 e. The fourth-order valence-electron chi connectivity index (χ4n) is 1.08. The fourth-order valence-corrected chi connectivity index (χ4v) is 1.22. The van der Waals surface area contributed by atoms with Gasteiger partial charge in [0.25, 0.3) is 0 Å². The highest BCUT2D eigenvalue weighted by molar-refractivity contribution is 7.81. The molecule has 0 heterocycles. The van der Waals surface area contributed by atoms with Crippen molar-refractivity contribution in [3.8, 4) is 0 Å². The normalized spacial score (nSPS) is 13.0. The summed E-state index contributed by atoms with van der Waals surface area (Å²) in [6.07, 6.45) is -4.28. The Bertz CT molecular complexity index is 294. The molecule has 1 aromatic carbocycles. The van der Waals surface area contributed by atoms with E-state index >= 15 is 0 Å². The molecule has 0 unspecified atom stereocenters. The third-order valence-electron chi connectivity index (χ3n) is 1.90. The topological polar surface area (TPSA) is 0 Å². The van der Waals surface area contributed by atoms with Crippen LogP contribution in [0.25, 0.3) is 0 Å². The van der Waals surface area contributed by atoms with Gasteiger partial charge in [-0.05, 0) is 25.5 Å². The summed E-state index contributed by atoms with van der Waals surface area (Å²) >= 11 is 4.22. The van der Waals surface area contributed by atoms with Crippen LogP contribution in [0.3, 0.4) is 0 Å². The van der Waals surface area contributed by atoms with E-state index in [-0.39, 0.29) is 0 Å². The van der Waals surface area contributed by atoms with Crippen molar-refractivity contribution in [2.75, 3.05) is 0 Å². The monoisotopic (exact) mass is 220 g/mol. The molecular formula is C10H11F3S. The molecule has 1 aromatic rings. The first-order valence-corrected chi connectivity index (χ1v) is 4.56. The average Bonchev–Trinajstić information content (AvgIpc) is 2.01. The summed E-state index contributed by atoms with van der Waals surface area (Å²) in [6.45, 7) is 3.51. The molecule has 0 bridgehead atoms. The van der Waals surface area contributed by atoms with Crippen LogP contribution in [-0.2, 0) is 10.9 Å². The lowest BCUT2D eigenvalue weighted by molar-refractivity contribution is -0.137. The van der Waals surface area contributed by atoms with E-state index in [0.717, 1.165) is 12.1 Å². The van der Waals surface area contributed by atoms with Crippen LogP contribution in [0.2, 0.25) is 0 Å². The molecule has 0 spiro atoms. The zero-order valence-electron chi connectivity index (χ0n) is 7.89. The van der Waals surface area contributed by atoms with Gasteiger partial charge in [0.05, 0.1) is 5.56 Å². The Hall–Kier alpha value is -0.640. The van der Waals surface area contributed by atoms with Gasteiger partial charge in [0, 0.05) is 4.75 Å². The molecule has 0 nitrogen and oxygen atoms in total. The Morgan fingerprint density at radius 1 is 1.07 bits per heavy atom. The van der Waals surface area contributed by atoms with E-state index in [4.69, 9.17) is 0 Å². The molecule has 0 radical (unpaired) electrons. The standard InChI is InChI=1S/C10H11F3S/c1-9(2,14)7-4-3-5-8(6-7)10(11,12)13/h3-6,14H,1-2H3. The Kier molecular flexibility index (Phi) is 2.86. The Labute approximate surface area is 86.5 Å². The van der Waals surface area contributed by atoms with Crippen molar-refractivity contribution in [2.45, 2.75) is 24.8 Å². The summed E-state index contributed by atoms with van der Waals surface area (Å²) in [4.78, 5) is 0. The molecule has 0 saturated carbocycles. The van der Waals surface area contributed by atoms with E-state index in [1.54, 1.807) is 19.9 Å². The minimum absolute atomic E-state index is 0.554. The summed E-state index contributed by atoms with van der Waals surface area (Å²) < 4.78 is 36.4. The van der Waals surface area contributed by atoms with Crippen molar-refractivity contribution in [1.82, 2.24) is 0 Å². The number of benzene rings is 1. The molecule has 0 aliphatic carbocycles. The Morgan fingerprint density at radius 2 is 1.57 bits per heavy atom. The zero-order chi connectivity index (χ0) is 11.0. The van der Waals surface area contributed by atoms with Crippen LogP contribution >= 0.6 is 12.6 Å². The lowest BCUT2D eigenvalue weighted by Crippen LogP contribution is -2.11. The SMILES string of the molecule is CC(C)(S)c1cccc(C(F)(F)F)c1. The fraction of sp³-hybridized carbons (Fsp3) is 0.400. The van der Waals surface area contributed by atoms with E-state index in [9.17, 15) is 13.2 Å². The number of thiol groups is 1. The van der Waals surface area contributed by atoms with Gasteiger partial charge in [-0.3, -0.25) is 0 Å². The molecule has 0 aromatic heterocycles. The summed E-state index contributed by atoms with van der Waals surface area (Å²) in [6, 6.07) is 5.23. The van der Waals surface area contributed by atoms with Crippen molar-refractivity contribution in [2.24, 2.45) is 0 Å². The van der Waals surface area contributed by atoms with Crippen molar-refractivity contribution in [3.05, 3.63) is 35.4 Å². The maximum Gasteiger partial charge on any atom is 0.416 e. The second kappa shape index (κ2) is 3.50. The summed E-state index contributed by atoms with van der Waals surface area (Å²) in [5.74, 6) is 0. The maximum atomic E-state index is 12.3. The average molecular weight is 220 g/mol. The lowest BCUT2D eigenvalue weighted by atomic mass is 10.00. The predicted molar refractivity (Wildman–Crippen MR) is 53.5 cm³/mol. The van der Waals surface area contributed by atoms with Crippen LogP contribution in [0.1, 0.15) is 25.0 Å². The van der Waals surface area contributed by atoms with E-state index in [0.29, 0.717) is 5.56 Å². The van der Waals surface area contributed by atoms with Crippen LogP contribution in [-0.4, -0.2) is 0 Å². The van der Waals surface area contributed by atoms with Crippen molar-refractivity contribution >= 4 is 12.6 Å². The second-order valence-electron chi connectivity index (χ2n) is 3.64. The first kappa shape index (κ1) is 11.4. The molecule has 0 aliphatic rings. The van der Waals surface area contributed by atoms with Gasteiger partial charge in [0.1, 0.15) is 0 Å². The minimum atomic E-state index is -4.28. The highest BCUT2D eigenvalue weighted by Crippen LogP contribution is 2.33. The van der Waals surface area contributed by atoms with Gasteiger partial charge in [0.15, 0.2) is 0 Å². The number of rotatable bonds is 1. The van der Waals surface area contributed by atoms with Crippen molar-refractivity contribution in [3.63, 3.8) is 0 Å². The molecule has 14 heavy (non-hydrogen) atoms. The molecule has 78 valence electrons. The molecular weight excluding hydrogens is 209 g/mol. The van der Waals surface area contributed by atoms with E-state index in [1.165, 1.54) is 6.07 Å². The number of hydrogen-bond acceptors (Lipinski definition) is 1. The minimum Gasteiger partial charge on any atom is -0.168 e. The molecule has 0 atom stereocenters. The van der Waals surface area contributed by atoms with Crippen LogP contribution in [0.4, 0.5) is 13.2 Å². The molecule has 1 rings (SSSR count). The van der Waals surface area contributed by atoms with E-state index in [2.05, 4.69) is 12.6 Å².